The molecule has 1 atom stereocenters. The Kier molecular flexibility index (Phi) is 6.91. The summed E-state index contributed by atoms with van der Waals surface area (Å²) < 4.78 is 29.7. The lowest BCUT2D eigenvalue weighted by molar-refractivity contribution is 0.0939. The SMILES string of the molecule is COc1ccc(C(=O)N[C@H](C)c2ccc(F)cc2)cc1COc1ccccc1OC. The van der Waals surface area contributed by atoms with Crippen LogP contribution in [-0.2, 0) is 6.61 Å². The van der Waals surface area contributed by atoms with Crippen molar-refractivity contribution in [1.29, 1.82) is 0 Å². The number of ether oxygens (including phenoxy) is 3. The van der Waals surface area contributed by atoms with Gasteiger partial charge in [0.1, 0.15) is 18.2 Å². The minimum atomic E-state index is -0.313. The molecule has 0 aliphatic rings. The quantitative estimate of drug-likeness (QED) is 0.574. The zero-order valence-electron chi connectivity index (χ0n) is 17.1. The molecule has 6 heteroatoms. The van der Waals surface area contributed by atoms with Gasteiger partial charge in [-0.15, -0.1) is 0 Å². The summed E-state index contributed by atoms with van der Waals surface area (Å²) >= 11 is 0. The average molecular weight is 409 g/mol. The molecular weight excluding hydrogens is 385 g/mol. The van der Waals surface area contributed by atoms with E-state index in [2.05, 4.69) is 5.32 Å². The van der Waals surface area contributed by atoms with Gasteiger partial charge in [0, 0.05) is 11.1 Å². The third-order valence-corrected chi connectivity index (χ3v) is 4.71. The molecule has 3 aromatic carbocycles. The number of benzene rings is 3. The van der Waals surface area contributed by atoms with Crippen LogP contribution < -0.4 is 19.5 Å². The van der Waals surface area contributed by atoms with Gasteiger partial charge in [-0.1, -0.05) is 24.3 Å². The van der Waals surface area contributed by atoms with Crippen molar-refractivity contribution in [1.82, 2.24) is 5.32 Å². The number of methoxy groups -OCH3 is 2. The van der Waals surface area contributed by atoms with Crippen molar-refractivity contribution in [2.75, 3.05) is 14.2 Å². The molecule has 0 radical (unpaired) electrons. The van der Waals surface area contributed by atoms with Crippen LogP contribution in [0.2, 0.25) is 0 Å². The van der Waals surface area contributed by atoms with Gasteiger partial charge in [0.05, 0.1) is 20.3 Å². The summed E-state index contributed by atoms with van der Waals surface area (Å²) in [6, 6.07) is 18.3. The van der Waals surface area contributed by atoms with Crippen LogP contribution >= 0.6 is 0 Å². The van der Waals surface area contributed by atoms with Gasteiger partial charge >= 0.3 is 0 Å². The fraction of sp³-hybridized carbons (Fsp3) is 0.208. The maximum absolute atomic E-state index is 13.1. The van der Waals surface area contributed by atoms with Crippen molar-refractivity contribution in [3.8, 4) is 17.2 Å². The van der Waals surface area contributed by atoms with E-state index in [1.807, 2.05) is 31.2 Å². The zero-order chi connectivity index (χ0) is 21.5. The summed E-state index contributed by atoms with van der Waals surface area (Å²) in [5.41, 5.74) is 2.02. The molecule has 0 bridgehead atoms. The van der Waals surface area contributed by atoms with Gasteiger partial charge in [-0.2, -0.15) is 0 Å². The Morgan fingerprint density at radius 3 is 2.27 bits per heavy atom. The number of hydrogen-bond acceptors (Lipinski definition) is 4. The molecule has 0 saturated heterocycles. The maximum atomic E-state index is 13.1. The third-order valence-electron chi connectivity index (χ3n) is 4.71. The Hall–Kier alpha value is -3.54. The second-order valence-corrected chi connectivity index (χ2v) is 6.71. The smallest absolute Gasteiger partial charge is 0.251 e. The monoisotopic (exact) mass is 409 g/mol. The van der Waals surface area contributed by atoms with E-state index in [0.29, 0.717) is 22.8 Å². The summed E-state index contributed by atoms with van der Waals surface area (Å²) in [6.45, 7) is 2.05. The van der Waals surface area contributed by atoms with Crippen molar-refractivity contribution < 1.29 is 23.4 Å². The number of halogens is 1. The minimum Gasteiger partial charge on any atom is -0.496 e. The summed E-state index contributed by atoms with van der Waals surface area (Å²) in [4.78, 5) is 12.7. The van der Waals surface area contributed by atoms with Crippen molar-refractivity contribution in [2.45, 2.75) is 19.6 Å². The summed E-state index contributed by atoms with van der Waals surface area (Å²) in [7, 11) is 3.15. The van der Waals surface area contributed by atoms with Gasteiger partial charge in [0.15, 0.2) is 11.5 Å². The lowest BCUT2D eigenvalue weighted by Crippen LogP contribution is -2.26. The van der Waals surface area contributed by atoms with Gasteiger partial charge in [-0.3, -0.25) is 4.79 Å². The first kappa shape index (κ1) is 21.2. The van der Waals surface area contributed by atoms with Crippen molar-refractivity contribution >= 4 is 5.91 Å². The molecule has 0 heterocycles. The van der Waals surface area contributed by atoms with Gasteiger partial charge in [-0.05, 0) is 55.0 Å². The highest BCUT2D eigenvalue weighted by molar-refractivity contribution is 5.94. The van der Waals surface area contributed by atoms with Crippen LogP contribution in [0, 0.1) is 5.82 Å². The molecule has 0 fully saturated rings. The topological polar surface area (TPSA) is 56.8 Å². The number of hydrogen-bond donors (Lipinski definition) is 1. The fourth-order valence-corrected chi connectivity index (χ4v) is 3.04. The molecule has 0 aliphatic heterocycles. The largest absolute Gasteiger partial charge is 0.496 e. The molecule has 156 valence electrons. The maximum Gasteiger partial charge on any atom is 0.251 e. The van der Waals surface area contributed by atoms with Crippen LogP contribution in [0.3, 0.4) is 0 Å². The Bertz CT molecular complexity index is 1000. The first-order valence-electron chi connectivity index (χ1n) is 9.51. The predicted octanol–water partition coefficient (Wildman–Crippen LogP) is 4.91. The van der Waals surface area contributed by atoms with E-state index in [1.54, 1.807) is 44.6 Å². The van der Waals surface area contributed by atoms with Gasteiger partial charge in [0.25, 0.3) is 5.91 Å². The van der Waals surface area contributed by atoms with Crippen molar-refractivity contribution in [2.24, 2.45) is 0 Å². The molecule has 3 rings (SSSR count). The van der Waals surface area contributed by atoms with Crippen LogP contribution in [0.4, 0.5) is 4.39 Å². The van der Waals surface area contributed by atoms with E-state index in [1.165, 1.54) is 12.1 Å². The molecule has 0 spiro atoms. The number of amides is 1. The van der Waals surface area contributed by atoms with E-state index < -0.39 is 0 Å². The van der Waals surface area contributed by atoms with Crippen LogP contribution in [0.1, 0.15) is 34.5 Å². The van der Waals surface area contributed by atoms with E-state index >= 15 is 0 Å². The molecular formula is C24H24FNO4. The molecule has 0 aliphatic carbocycles. The van der Waals surface area contributed by atoms with E-state index in [4.69, 9.17) is 14.2 Å². The second-order valence-electron chi connectivity index (χ2n) is 6.71. The summed E-state index contributed by atoms with van der Waals surface area (Å²) in [5, 5.41) is 2.93. The van der Waals surface area contributed by atoms with Crippen LogP contribution in [-0.4, -0.2) is 20.1 Å². The van der Waals surface area contributed by atoms with Gasteiger partial charge < -0.3 is 19.5 Å². The third kappa shape index (κ3) is 5.08. The lowest BCUT2D eigenvalue weighted by atomic mass is 10.1. The Morgan fingerprint density at radius 1 is 0.933 bits per heavy atom. The van der Waals surface area contributed by atoms with E-state index in [0.717, 1.165) is 11.1 Å². The standard InChI is InChI=1S/C24H24FNO4/c1-16(17-8-11-20(25)12-9-17)26-24(27)18-10-13-21(28-2)19(14-18)15-30-23-7-5-4-6-22(23)29-3/h4-14,16H,15H2,1-3H3,(H,26,27)/t16-/m1/s1. The van der Waals surface area contributed by atoms with E-state index in [9.17, 15) is 9.18 Å². The van der Waals surface area contributed by atoms with Crippen molar-refractivity contribution in [3.63, 3.8) is 0 Å². The molecule has 5 nitrogen and oxygen atoms in total. The van der Waals surface area contributed by atoms with Crippen LogP contribution in [0.5, 0.6) is 17.2 Å². The highest BCUT2D eigenvalue weighted by Gasteiger charge is 2.15. The highest BCUT2D eigenvalue weighted by Crippen LogP contribution is 2.28. The molecule has 30 heavy (non-hydrogen) atoms. The van der Waals surface area contributed by atoms with Crippen LogP contribution in [0.25, 0.3) is 0 Å². The number of para-hydroxylation sites is 2. The molecule has 1 N–H and O–H groups in total. The Labute approximate surface area is 175 Å². The molecule has 1 amide bonds. The average Bonchev–Trinajstić information content (AvgIpc) is 2.77. The van der Waals surface area contributed by atoms with Gasteiger partial charge in [-0.25, -0.2) is 4.39 Å². The number of carbonyl (C=O) groups is 1. The Balaban J connectivity index is 1.74. The van der Waals surface area contributed by atoms with Crippen molar-refractivity contribution in [3.05, 3.63) is 89.2 Å². The Morgan fingerprint density at radius 2 is 1.60 bits per heavy atom. The zero-order valence-corrected chi connectivity index (χ0v) is 17.1. The summed E-state index contributed by atoms with van der Waals surface area (Å²) in [5.74, 6) is 1.29. The number of rotatable bonds is 8. The van der Waals surface area contributed by atoms with E-state index in [-0.39, 0.29) is 24.4 Å². The highest BCUT2D eigenvalue weighted by atomic mass is 19.1. The van der Waals surface area contributed by atoms with Gasteiger partial charge in [0.2, 0.25) is 0 Å². The second kappa shape index (κ2) is 9.78. The number of carbonyl (C=O) groups excluding carboxylic acids is 1. The molecule has 3 aromatic rings. The number of nitrogens with one attached hydrogen (secondary N) is 1. The normalized spacial score (nSPS) is 11.5. The fourth-order valence-electron chi connectivity index (χ4n) is 3.04. The molecule has 0 saturated carbocycles. The first-order valence-corrected chi connectivity index (χ1v) is 9.51. The molecule has 0 unspecified atom stereocenters. The summed E-state index contributed by atoms with van der Waals surface area (Å²) in [6.07, 6.45) is 0. The first-order chi connectivity index (χ1) is 14.5. The molecule has 0 aromatic heterocycles. The lowest BCUT2D eigenvalue weighted by Gasteiger charge is -2.16. The predicted molar refractivity (Wildman–Crippen MR) is 113 cm³/mol. The minimum absolute atomic E-state index is 0.207. The van der Waals surface area contributed by atoms with Crippen LogP contribution in [0.15, 0.2) is 66.7 Å².